The van der Waals surface area contributed by atoms with Gasteiger partial charge in [0.25, 0.3) is 0 Å². The van der Waals surface area contributed by atoms with Crippen LogP contribution in [0.4, 0.5) is 11.4 Å². The van der Waals surface area contributed by atoms with Crippen molar-refractivity contribution in [2.75, 3.05) is 54.6 Å². The molecule has 0 bridgehead atoms. The second kappa shape index (κ2) is 27.8. The molecule has 402 valence electrons. The van der Waals surface area contributed by atoms with E-state index in [-0.39, 0.29) is 23.5 Å². The number of aldehydes is 1. The molecule has 12 heteroatoms. The van der Waals surface area contributed by atoms with Crippen molar-refractivity contribution < 1.29 is 23.9 Å². The summed E-state index contributed by atoms with van der Waals surface area (Å²) in [4.78, 5) is 55.2. The van der Waals surface area contributed by atoms with Gasteiger partial charge in [-0.2, -0.15) is 0 Å². The fraction of sp³-hybridized carbons (Fsp3) is 0.224. The zero-order valence-electron chi connectivity index (χ0n) is 44.9. The molecule has 1 amide bonds. The molecule has 0 spiro atoms. The summed E-state index contributed by atoms with van der Waals surface area (Å²) < 4.78 is 5.11. The number of anilines is 2. The minimum Gasteiger partial charge on any atom is -0.389 e. The molecule has 1 aliphatic heterocycles. The predicted molar refractivity (Wildman–Crippen MR) is 326 cm³/mol. The average Bonchev–Trinajstić information content (AvgIpc) is 3.50. The summed E-state index contributed by atoms with van der Waals surface area (Å²) in [5.74, 6) is -1.41. The summed E-state index contributed by atoms with van der Waals surface area (Å²) in [5, 5.41) is 5.85. The van der Waals surface area contributed by atoms with Crippen LogP contribution in [0.25, 0.3) is 22.3 Å². The van der Waals surface area contributed by atoms with Crippen LogP contribution in [0.3, 0.4) is 0 Å². The largest absolute Gasteiger partial charge is 0.389 e. The average molecular weight is 1090 g/mol. The topological polar surface area (TPSA) is 148 Å². The lowest BCUT2D eigenvalue weighted by Crippen LogP contribution is -2.38. The second-order valence-electron chi connectivity index (χ2n) is 20.1. The Balaban J connectivity index is 0.812. The zero-order chi connectivity index (χ0) is 54.9. The van der Waals surface area contributed by atoms with E-state index in [2.05, 4.69) is 192 Å². The highest BCUT2D eigenvalue weighted by Gasteiger charge is 2.29. The van der Waals surface area contributed by atoms with Crippen molar-refractivity contribution in [1.82, 2.24) is 5.32 Å². The Morgan fingerprint density at radius 2 is 1.01 bits per heavy atom. The van der Waals surface area contributed by atoms with E-state index in [4.69, 9.17) is 16.2 Å². The summed E-state index contributed by atoms with van der Waals surface area (Å²) in [7, 11) is -1.33. The fourth-order valence-corrected chi connectivity index (χ4v) is 15.2. The third-order valence-corrected chi connectivity index (χ3v) is 19.3. The van der Waals surface area contributed by atoms with E-state index in [0.717, 1.165) is 66.8 Å². The van der Waals surface area contributed by atoms with E-state index in [0.29, 0.717) is 45.2 Å². The number of carbonyl (C=O) groups is 4. The molecule has 10 nitrogen and oxygen atoms in total. The number of amides is 1. The SMILES string of the molecule is Cc1ccc(CCN)c(-c2ccc(CCN)c(-c3ccc(CCNC(=O)CCc4ccc(N5CP(c6ccccc6)CN(c6ccc(CCC(=O)OC(=O)c7ccccc7C=O)cc6)CP(c6ccccc6)C5)cc4)cc3)c2)c1. The van der Waals surface area contributed by atoms with E-state index in [1.807, 2.05) is 0 Å². The third-order valence-electron chi connectivity index (χ3n) is 14.5. The van der Waals surface area contributed by atoms with Crippen LogP contribution in [-0.4, -0.2) is 68.9 Å². The zero-order valence-corrected chi connectivity index (χ0v) is 46.7. The number of hydrogen-bond donors (Lipinski definition) is 3. The summed E-state index contributed by atoms with van der Waals surface area (Å²) in [6.45, 7) is 3.87. The van der Waals surface area contributed by atoms with E-state index < -0.39 is 27.8 Å². The van der Waals surface area contributed by atoms with Gasteiger partial charge in [0.15, 0.2) is 6.29 Å². The van der Waals surface area contributed by atoms with E-state index in [1.54, 1.807) is 12.1 Å². The number of nitrogens with two attached hydrogens (primary N) is 2. The van der Waals surface area contributed by atoms with Crippen molar-refractivity contribution in [1.29, 1.82) is 0 Å². The highest BCUT2D eigenvalue weighted by molar-refractivity contribution is 7.67. The van der Waals surface area contributed by atoms with Crippen LogP contribution in [-0.2, 0) is 46.4 Å². The van der Waals surface area contributed by atoms with E-state index >= 15 is 0 Å². The summed E-state index contributed by atoms with van der Waals surface area (Å²) in [6.07, 6.45) is 7.96. The van der Waals surface area contributed by atoms with Crippen molar-refractivity contribution in [2.45, 2.75) is 51.9 Å². The summed E-state index contributed by atoms with van der Waals surface area (Å²) in [6, 6.07) is 67.2. The van der Waals surface area contributed by atoms with Crippen molar-refractivity contribution >= 4 is 62.0 Å². The molecule has 8 aromatic carbocycles. The molecule has 1 heterocycles. The minimum atomic E-state index is -0.822. The molecule has 0 saturated carbocycles. The molecule has 1 saturated heterocycles. The predicted octanol–water partition coefficient (Wildman–Crippen LogP) is 11.5. The standard InChI is InChI=1S/C67H69N5O5P2/c1-49-16-25-54(36-39-68)63(42-49)56-29-28-55(37-40-69)64(43-56)53-26-17-52(18-27-53)38-41-70-65(74)34-23-50-19-30-58(31-20-50)71-45-78(60-11-4-2-5-12-60)47-72(48-79(46-71)61-13-6-3-7-14-61)59-32-21-51(22-33-59)24-35-66(75)77-67(76)62-15-9-8-10-57(62)44-73/h2-22,25-33,42-44H,23-24,34-41,45-48,68-69H2,1H3,(H,70,74). The number of aryl methyl sites for hydroxylation is 3. The summed E-state index contributed by atoms with van der Waals surface area (Å²) in [5.41, 5.74) is 26.3. The molecule has 8 aromatic rings. The number of nitrogens with one attached hydrogen (secondary N) is 1. The maximum atomic E-state index is 13.2. The van der Waals surface area contributed by atoms with Gasteiger partial charge in [0.1, 0.15) is 0 Å². The first-order valence-electron chi connectivity index (χ1n) is 27.2. The van der Waals surface area contributed by atoms with Gasteiger partial charge in [-0.15, -0.1) is 0 Å². The van der Waals surface area contributed by atoms with Gasteiger partial charge in [-0.3, -0.25) is 14.4 Å². The van der Waals surface area contributed by atoms with Crippen LogP contribution >= 0.6 is 15.8 Å². The van der Waals surface area contributed by atoms with Crippen LogP contribution in [0.1, 0.15) is 66.9 Å². The summed E-state index contributed by atoms with van der Waals surface area (Å²) >= 11 is 0. The Bertz CT molecular complexity index is 3270. The molecule has 0 radical (unpaired) electrons. The Hall–Kier alpha value is -7.58. The fourth-order valence-electron chi connectivity index (χ4n) is 10.2. The number of esters is 2. The van der Waals surface area contributed by atoms with E-state index in [9.17, 15) is 19.2 Å². The van der Waals surface area contributed by atoms with Crippen molar-refractivity contribution in [3.05, 3.63) is 239 Å². The monoisotopic (exact) mass is 1090 g/mol. The highest BCUT2D eigenvalue weighted by Crippen LogP contribution is 2.48. The van der Waals surface area contributed by atoms with Crippen LogP contribution in [0, 0.1) is 6.92 Å². The van der Waals surface area contributed by atoms with Crippen molar-refractivity contribution in [3.8, 4) is 22.3 Å². The molecule has 5 N–H and O–H groups in total. The molecule has 9 rings (SSSR count). The Kier molecular flexibility index (Phi) is 19.8. The van der Waals surface area contributed by atoms with Gasteiger partial charge < -0.3 is 31.3 Å². The number of hydrogen-bond acceptors (Lipinski definition) is 9. The van der Waals surface area contributed by atoms with Gasteiger partial charge in [0.05, 0.1) is 12.0 Å². The Morgan fingerprint density at radius 3 is 1.57 bits per heavy atom. The van der Waals surface area contributed by atoms with Gasteiger partial charge >= 0.3 is 11.9 Å². The van der Waals surface area contributed by atoms with Crippen molar-refractivity contribution in [3.63, 3.8) is 0 Å². The molecular formula is C67H69N5O5P2. The van der Waals surface area contributed by atoms with Crippen LogP contribution in [0.2, 0.25) is 0 Å². The van der Waals surface area contributed by atoms with Gasteiger partial charge in [-0.05, 0) is 165 Å². The molecular weight excluding hydrogens is 1020 g/mol. The minimum absolute atomic E-state index is 0.0299. The van der Waals surface area contributed by atoms with E-state index in [1.165, 1.54) is 67.4 Å². The van der Waals surface area contributed by atoms with Gasteiger partial charge in [0, 0.05) is 55.0 Å². The van der Waals surface area contributed by atoms with Gasteiger partial charge in [-0.25, -0.2) is 4.79 Å². The first kappa shape index (κ1) is 56.2. The quantitative estimate of drug-likeness (QED) is 0.0277. The first-order valence-corrected chi connectivity index (χ1v) is 30.6. The normalized spacial score (nSPS) is 14.5. The smallest absolute Gasteiger partial charge is 0.346 e. The molecule has 1 fully saturated rings. The molecule has 0 aromatic heterocycles. The second-order valence-corrected chi connectivity index (χ2v) is 24.4. The molecule has 2 unspecified atom stereocenters. The maximum Gasteiger partial charge on any atom is 0.346 e. The lowest BCUT2D eigenvalue weighted by atomic mass is 9.90. The molecule has 79 heavy (non-hydrogen) atoms. The Labute approximate surface area is 467 Å². The molecule has 1 aliphatic rings. The number of rotatable bonds is 21. The van der Waals surface area contributed by atoms with Crippen LogP contribution in [0.15, 0.2) is 194 Å². The number of carbonyl (C=O) groups excluding carboxylic acids is 4. The number of nitrogens with zero attached hydrogens (tertiary/aromatic N) is 2. The lowest BCUT2D eigenvalue weighted by Gasteiger charge is -2.41. The lowest BCUT2D eigenvalue weighted by molar-refractivity contribution is -0.138. The third kappa shape index (κ3) is 15.2. The first-order chi connectivity index (χ1) is 38.6. The molecule has 2 atom stereocenters. The van der Waals surface area contributed by atoms with Gasteiger partial charge in [-0.1, -0.05) is 163 Å². The van der Waals surface area contributed by atoms with Crippen molar-refractivity contribution in [2.24, 2.45) is 11.5 Å². The maximum absolute atomic E-state index is 13.2. The Morgan fingerprint density at radius 1 is 0.532 bits per heavy atom. The van der Waals surface area contributed by atoms with Crippen LogP contribution < -0.4 is 37.2 Å². The van der Waals surface area contributed by atoms with Crippen LogP contribution in [0.5, 0.6) is 0 Å². The van der Waals surface area contributed by atoms with Gasteiger partial charge in [0.2, 0.25) is 5.91 Å². The number of ether oxygens (including phenoxy) is 1. The number of benzene rings is 8. The molecule has 0 aliphatic carbocycles. The highest BCUT2D eigenvalue weighted by atomic mass is 31.1.